The van der Waals surface area contributed by atoms with Crippen LogP contribution in [0.3, 0.4) is 0 Å². The third-order valence-corrected chi connectivity index (χ3v) is 8.35. The number of aliphatic hydroxyl groups excluding tert-OH is 1. The monoisotopic (exact) mass is 533 g/mol. The van der Waals surface area contributed by atoms with E-state index in [2.05, 4.69) is 25.2 Å². The van der Waals surface area contributed by atoms with E-state index in [1.165, 1.54) is 11.3 Å². The molecular weight excluding hydrogens is 494 g/mol. The molecule has 9 heteroatoms. The molecule has 0 fully saturated rings. The molecule has 0 saturated carbocycles. The van der Waals surface area contributed by atoms with Gasteiger partial charge in [-0.3, -0.25) is 9.59 Å². The van der Waals surface area contributed by atoms with E-state index in [-0.39, 0.29) is 17.4 Å². The van der Waals surface area contributed by atoms with Crippen molar-refractivity contribution < 1.29 is 34.4 Å². The number of aliphatic carboxylic acids is 2. The van der Waals surface area contributed by atoms with Crippen molar-refractivity contribution in [2.75, 3.05) is 6.61 Å². The minimum absolute atomic E-state index is 0.193. The lowest BCUT2D eigenvalue weighted by molar-refractivity contribution is -0.145. The highest BCUT2D eigenvalue weighted by Crippen LogP contribution is 2.44. The van der Waals surface area contributed by atoms with E-state index < -0.39 is 36.4 Å². The van der Waals surface area contributed by atoms with Crippen LogP contribution in [0, 0.1) is 19.3 Å². The number of carboxylic acids is 2. The number of aliphatic hydroxyl groups is 1. The SMILES string of the molecule is CCC(CC)(c1ccc(OCC(O)C(C)(C)C)c(C)c1)c1cc(C)c(C(=O)N[C@@H](CC(=O)O)C(=O)O)s1. The van der Waals surface area contributed by atoms with Crippen LogP contribution in [0.1, 0.15) is 85.1 Å². The van der Waals surface area contributed by atoms with Gasteiger partial charge in [0.05, 0.1) is 17.4 Å². The Hall–Kier alpha value is -2.91. The Bertz CT molecular complexity index is 1130. The first-order valence-corrected chi connectivity index (χ1v) is 13.3. The number of hydrogen-bond donors (Lipinski definition) is 4. The van der Waals surface area contributed by atoms with E-state index in [1.54, 1.807) is 6.92 Å². The van der Waals surface area contributed by atoms with Crippen LogP contribution in [-0.4, -0.2) is 51.9 Å². The summed E-state index contributed by atoms with van der Waals surface area (Å²) in [5, 5.41) is 31.0. The maximum atomic E-state index is 12.9. The number of aryl methyl sites for hydroxylation is 2. The van der Waals surface area contributed by atoms with Crippen molar-refractivity contribution in [1.29, 1.82) is 0 Å². The maximum Gasteiger partial charge on any atom is 0.326 e. The van der Waals surface area contributed by atoms with Gasteiger partial charge in [-0.05, 0) is 60.9 Å². The maximum absolute atomic E-state index is 12.9. The molecule has 0 aliphatic rings. The Morgan fingerprint density at radius 3 is 2.14 bits per heavy atom. The number of benzene rings is 1. The first kappa shape index (κ1) is 30.3. The van der Waals surface area contributed by atoms with E-state index in [0.717, 1.165) is 28.8 Å². The average molecular weight is 534 g/mol. The predicted octanol–water partition coefficient (Wildman–Crippen LogP) is 4.91. The Kier molecular flexibility index (Phi) is 9.91. The lowest BCUT2D eigenvalue weighted by Crippen LogP contribution is -2.42. The summed E-state index contributed by atoms with van der Waals surface area (Å²) in [6, 6.07) is 6.45. The molecule has 1 unspecified atom stereocenters. The van der Waals surface area contributed by atoms with Crippen molar-refractivity contribution in [2.45, 2.75) is 85.3 Å². The van der Waals surface area contributed by atoms with Gasteiger partial charge < -0.3 is 25.4 Å². The summed E-state index contributed by atoms with van der Waals surface area (Å²) in [5.74, 6) is -2.59. The molecule has 0 bridgehead atoms. The van der Waals surface area contributed by atoms with Gasteiger partial charge in [-0.1, -0.05) is 46.8 Å². The van der Waals surface area contributed by atoms with Crippen molar-refractivity contribution in [1.82, 2.24) is 5.32 Å². The summed E-state index contributed by atoms with van der Waals surface area (Å²) in [5.41, 5.74) is 2.05. The molecule has 1 amide bonds. The molecule has 1 aromatic carbocycles. The van der Waals surface area contributed by atoms with E-state index >= 15 is 0 Å². The number of rotatable bonds is 12. The fourth-order valence-corrected chi connectivity index (χ4v) is 5.65. The van der Waals surface area contributed by atoms with E-state index in [4.69, 9.17) is 9.84 Å². The highest BCUT2D eigenvalue weighted by Gasteiger charge is 2.35. The first-order chi connectivity index (χ1) is 17.2. The summed E-state index contributed by atoms with van der Waals surface area (Å²) in [6.07, 6.45) is 0.229. The normalized spacial score (nSPS) is 13.6. The summed E-state index contributed by atoms with van der Waals surface area (Å²) < 4.78 is 5.91. The summed E-state index contributed by atoms with van der Waals surface area (Å²) in [6.45, 7) is 14.0. The quantitative estimate of drug-likeness (QED) is 0.304. The van der Waals surface area contributed by atoms with Crippen molar-refractivity contribution in [3.05, 3.63) is 50.7 Å². The Morgan fingerprint density at radius 2 is 1.65 bits per heavy atom. The Morgan fingerprint density at radius 1 is 1.03 bits per heavy atom. The van der Waals surface area contributed by atoms with Crippen LogP contribution in [0.25, 0.3) is 0 Å². The molecule has 0 saturated heterocycles. The highest BCUT2D eigenvalue weighted by atomic mass is 32.1. The molecule has 37 heavy (non-hydrogen) atoms. The van der Waals surface area contributed by atoms with E-state index in [0.29, 0.717) is 16.2 Å². The molecule has 2 atom stereocenters. The smallest absolute Gasteiger partial charge is 0.326 e. The second-order valence-electron chi connectivity index (χ2n) is 10.5. The minimum Gasteiger partial charge on any atom is -0.491 e. The zero-order valence-corrected chi connectivity index (χ0v) is 23.5. The van der Waals surface area contributed by atoms with Crippen LogP contribution >= 0.6 is 11.3 Å². The van der Waals surface area contributed by atoms with Gasteiger partial charge in [-0.25, -0.2) is 4.79 Å². The Labute approximate surface area is 222 Å². The molecule has 204 valence electrons. The fraction of sp³-hybridized carbons (Fsp3) is 0.536. The number of carboxylic acid groups (broad SMARTS) is 2. The third kappa shape index (κ3) is 7.11. The van der Waals surface area contributed by atoms with Gasteiger partial charge in [0, 0.05) is 10.3 Å². The molecule has 4 N–H and O–H groups in total. The molecule has 2 rings (SSSR count). The average Bonchev–Trinajstić information content (AvgIpc) is 3.20. The Balaban J connectivity index is 2.37. The third-order valence-electron chi connectivity index (χ3n) is 6.91. The highest BCUT2D eigenvalue weighted by molar-refractivity contribution is 7.14. The second kappa shape index (κ2) is 12.1. The summed E-state index contributed by atoms with van der Waals surface area (Å²) >= 11 is 1.30. The topological polar surface area (TPSA) is 133 Å². The standard InChI is InChI=1S/C28H39NO7S/c1-8-28(9-2,18-10-11-20(16(3)12-18)36-15-21(30)27(5,6)7)22-13-17(4)24(37-22)25(33)29-19(26(34)35)14-23(31)32/h10-13,19,21,30H,8-9,14-15H2,1-7H3,(H,29,33)(H,31,32)(H,34,35)/t19-,21?/m0/s1. The van der Waals surface area contributed by atoms with Crippen molar-refractivity contribution in [3.63, 3.8) is 0 Å². The number of carbonyl (C=O) groups excluding carboxylic acids is 1. The largest absolute Gasteiger partial charge is 0.491 e. The van der Waals surface area contributed by atoms with Crippen LogP contribution in [0.15, 0.2) is 24.3 Å². The van der Waals surface area contributed by atoms with Crippen molar-refractivity contribution >= 4 is 29.2 Å². The zero-order valence-electron chi connectivity index (χ0n) is 22.7. The molecule has 0 spiro atoms. The molecule has 1 aromatic heterocycles. The fourth-order valence-electron chi connectivity index (χ4n) is 4.22. The van der Waals surface area contributed by atoms with Gasteiger partial charge in [0.1, 0.15) is 18.4 Å². The van der Waals surface area contributed by atoms with Gasteiger partial charge in [0.2, 0.25) is 0 Å². The lowest BCUT2D eigenvalue weighted by Gasteiger charge is -2.32. The molecule has 8 nitrogen and oxygen atoms in total. The van der Waals surface area contributed by atoms with E-state index in [9.17, 15) is 24.6 Å². The van der Waals surface area contributed by atoms with Crippen molar-refractivity contribution in [2.24, 2.45) is 5.41 Å². The number of amides is 1. The number of nitrogens with one attached hydrogen (secondary N) is 1. The molecule has 0 radical (unpaired) electrons. The zero-order chi connectivity index (χ0) is 28.1. The van der Waals surface area contributed by atoms with Crippen LogP contribution in [0.4, 0.5) is 0 Å². The minimum atomic E-state index is -1.51. The van der Waals surface area contributed by atoms with Crippen LogP contribution < -0.4 is 10.1 Å². The summed E-state index contributed by atoms with van der Waals surface area (Å²) in [4.78, 5) is 36.7. The van der Waals surface area contributed by atoms with Gasteiger partial charge in [0.25, 0.3) is 5.91 Å². The number of carbonyl (C=O) groups is 3. The van der Waals surface area contributed by atoms with Crippen LogP contribution in [-0.2, 0) is 15.0 Å². The number of ether oxygens (including phenoxy) is 1. The molecule has 0 aliphatic carbocycles. The van der Waals surface area contributed by atoms with Crippen molar-refractivity contribution in [3.8, 4) is 5.75 Å². The van der Waals surface area contributed by atoms with E-state index in [1.807, 2.05) is 45.9 Å². The van der Waals surface area contributed by atoms with Gasteiger partial charge in [-0.2, -0.15) is 0 Å². The van der Waals surface area contributed by atoms with Gasteiger partial charge >= 0.3 is 11.9 Å². The predicted molar refractivity (Wildman–Crippen MR) is 144 cm³/mol. The van der Waals surface area contributed by atoms with Crippen LogP contribution in [0.5, 0.6) is 5.75 Å². The number of thiophene rings is 1. The van der Waals surface area contributed by atoms with Gasteiger partial charge in [-0.15, -0.1) is 11.3 Å². The molecule has 1 heterocycles. The molecule has 2 aromatic rings. The second-order valence-corrected chi connectivity index (χ2v) is 11.6. The lowest BCUT2D eigenvalue weighted by atomic mass is 9.74. The molecule has 0 aliphatic heterocycles. The number of hydrogen-bond acceptors (Lipinski definition) is 6. The van der Waals surface area contributed by atoms with Crippen LogP contribution in [0.2, 0.25) is 0 Å². The summed E-state index contributed by atoms with van der Waals surface area (Å²) in [7, 11) is 0. The molecular formula is C28H39NO7S. The first-order valence-electron chi connectivity index (χ1n) is 12.4. The van der Waals surface area contributed by atoms with Gasteiger partial charge in [0.15, 0.2) is 0 Å².